The van der Waals surface area contributed by atoms with Crippen molar-refractivity contribution in [2.75, 3.05) is 25.7 Å². The summed E-state index contributed by atoms with van der Waals surface area (Å²) in [5, 5.41) is 19.7. The van der Waals surface area contributed by atoms with Gasteiger partial charge in [0, 0.05) is 19.8 Å². The highest BCUT2D eigenvalue weighted by atomic mass is 19.1. The van der Waals surface area contributed by atoms with E-state index in [4.69, 9.17) is 9.47 Å². The predicted molar refractivity (Wildman–Crippen MR) is 72.4 cm³/mol. The van der Waals surface area contributed by atoms with Crippen LogP contribution in [-0.2, 0) is 14.3 Å². The van der Waals surface area contributed by atoms with Crippen LogP contribution in [0.1, 0.15) is 0 Å². The van der Waals surface area contributed by atoms with Crippen molar-refractivity contribution in [3.05, 3.63) is 30.1 Å². The summed E-state index contributed by atoms with van der Waals surface area (Å²) in [6, 6.07) is 5.50. The Kier molecular flexibility index (Phi) is 4.89. The lowest BCUT2D eigenvalue weighted by Gasteiger charge is -2.22. The number of benzene rings is 1. The van der Waals surface area contributed by atoms with E-state index >= 15 is 0 Å². The van der Waals surface area contributed by atoms with E-state index < -0.39 is 36.1 Å². The minimum atomic E-state index is -1.35. The van der Waals surface area contributed by atoms with Gasteiger partial charge in [-0.3, -0.25) is 4.79 Å². The molecule has 6 nitrogen and oxygen atoms in total. The number of carbonyl (C=O) groups is 1. The fourth-order valence-electron chi connectivity index (χ4n) is 2.26. The topological polar surface area (TPSA) is 79.2 Å². The quantitative estimate of drug-likeness (QED) is 0.813. The fraction of sp³-hybridized carbons (Fsp3) is 0.500. The Morgan fingerprint density at radius 3 is 2.76 bits per heavy atom. The number of aliphatic hydroxyl groups is 2. The normalized spacial score (nSPS) is 28.6. The lowest BCUT2D eigenvalue weighted by Crippen LogP contribution is -2.43. The van der Waals surface area contributed by atoms with Gasteiger partial charge in [-0.05, 0) is 18.2 Å². The molecule has 0 aromatic heterocycles. The first-order valence-corrected chi connectivity index (χ1v) is 6.49. The number of likely N-dealkylation sites (N-methyl/N-ethyl adjacent to an activating group) is 1. The van der Waals surface area contributed by atoms with Gasteiger partial charge in [-0.25, -0.2) is 4.39 Å². The Hall–Kier alpha value is -1.54. The van der Waals surface area contributed by atoms with E-state index in [0.29, 0.717) is 5.69 Å². The van der Waals surface area contributed by atoms with Crippen molar-refractivity contribution in [2.45, 2.75) is 24.4 Å². The smallest absolute Gasteiger partial charge is 0.258 e. The van der Waals surface area contributed by atoms with E-state index in [2.05, 4.69) is 0 Å². The Balaban J connectivity index is 2.12. The van der Waals surface area contributed by atoms with Gasteiger partial charge < -0.3 is 24.6 Å². The number of rotatable bonds is 4. The van der Waals surface area contributed by atoms with Gasteiger partial charge >= 0.3 is 0 Å². The maximum atomic E-state index is 13.2. The minimum absolute atomic E-state index is 0.0612. The van der Waals surface area contributed by atoms with Gasteiger partial charge in [0.05, 0.1) is 6.61 Å². The lowest BCUT2D eigenvalue weighted by molar-refractivity contribution is -0.133. The van der Waals surface area contributed by atoms with Crippen molar-refractivity contribution in [1.82, 2.24) is 0 Å². The van der Waals surface area contributed by atoms with Crippen LogP contribution in [0.2, 0.25) is 0 Å². The van der Waals surface area contributed by atoms with E-state index in [9.17, 15) is 19.4 Å². The summed E-state index contributed by atoms with van der Waals surface area (Å²) in [5.74, 6) is -1.04. The Morgan fingerprint density at radius 1 is 1.43 bits per heavy atom. The van der Waals surface area contributed by atoms with Crippen molar-refractivity contribution in [1.29, 1.82) is 0 Å². The van der Waals surface area contributed by atoms with E-state index in [1.807, 2.05) is 0 Å². The molecule has 116 valence electrons. The average molecular weight is 299 g/mol. The SMILES string of the molecule is COC[C@H]1OC(C(=O)N(C)c2cccc(F)c2)[C@H](O)[C@@H]1O. The first-order valence-electron chi connectivity index (χ1n) is 6.49. The Labute approximate surface area is 121 Å². The molecule has 0 spiro atoms. The molecule has 0 bridgehead atoms. The Morgan fingerprint density at radius 2 is 2.14 bits per heavy atom. The van der Waals surface area contributed by atoms with Crippen LogP contribution in [0.15, 0.2) is 24.3 Å². The van der Waals surface area contributed by atoms with Crippen molar-refractivity contribution in [3.63, 3.8) is 0 Å². The maximum Gasteiger partial charge on any atom is 0.258 e. The van der Waals surface area contributed by atoms with E-state index in [1.54, 1.807) is 6.07 Å². The lowest BCUT2D eigenvalue weighted by atomic mass is 10.1. The number of hydrogen-bond donors (Lipinski definition) is 2. The van der Waals surface area contributed by atoms with Crippen molar-refractivity contribution in [2.24, 2.45) is 0 Å². The molecule has 1 fully saturated rings. The van der Waals surface area contributed by atoms with Gasteiger partial charge in [-0.15, -0.1) is 0 Å². The average Bonchev–Trinajstić information content (AvgIpc) is 2.74. The van der Waals surface area contributed by atoms with Crippen LogP contribution in [0.4, 0.5) is 10.1 Å². The maximum absolute atomic E-state index is 13.2. The predicted octanol–water partition coefficient (Wildman–Crippen LogP) is -0.0759. The molecule has 2 rings (SSSR count). The molecule has 1 unspecified atom stereocenters. The molecule has 21 heavy (non-hydrogen) atoms. The van der Waals surface area contributed by atoms with Gasteiger partial charge in [0.2, 0.25) is 0 Å². The fourth-order valence-corrected chi connectivity index (χ4v) is 2.26. The van der Waals surface area contributed by atoms with E-state index in [-0.39, 0.29) is 6.61 Å². The standard InChI is InChI=1S/C14H18FNO5/c1-16(9-5-3-4-8(15)6-9)14(19)13-12(18)11(17)10(21-13)7-20-2/h3-6,10-13,17-18H,7H2,1-2H3/t10-,11-,12-,13?/m1/s1. The molecule has 1 saturated heterocycles. The number of carbonyl (C=O) groups excluding carboxylic acids is 1. The third-order valence-electron chi connectivity index (χ3n) is 3.46. The van der Waals surface area contributed by atoms with Crippen molar-refractivity contribution in [3.8, 4) is 0 Å². The van der Waals surface area contributed by atoms with Crippen LogP contribution in [0.5, 0.6) is 0 Å². The van der Waals surface area contributed by atoms with Crippen LogP contribution >= 0.6 is 0 Å². The number of amides is 1. The minimum Gasteiger partial charge on any atom is -0.387 e. The molecule has 1 aliphatic heterocycles. The summed E-state index contributed by atoms with van der Waals surface area (Å²) in [7, 11) is 2.87. The molecular formula is C14H18FNO5. The summed E-state index contributed by atoms with van der Waals surface area (Å²) < 4.78 is 23.4. The molecule has 1 aromatic carbocycles. The number of hydrogen-bond acceptors (Lipinski definition) is 5. The molecule has 1 heterocycles. The monoisotopic (exact) mass is 299 g/mol. The molecule has 1 aromatic rings. The highest BCUT2D eigenvalue weighted by Gasteiger charge is 2.47. The molecule has 4 atom stereocenters. The summed E-state index contributed by atoms with van der Waals surface area (Å²) in [6.07, 6.45) is -4.55. The van der Waals surface area contributed by atoms with Gasteiger partial charge in [-0.1, -0.05) is 6.07 Å². The third-order valence-corrected chi connectivity index (χ3v) is 3.46. The van der Waals surface area contributed by atoms with Crippen LogP contribution in [0.25, 0.3) is 0 Å². The molecule has 1 aliphatic rings. The van der Waals surface area contributed by atoms with Crippen molar-refractivity contribution >= 4 is 11.6 Å². The van der Waals surface area contributed by atoms with Gasteiger partial charge in [0.15, 0.2) is 6.10 Å². The van der Waals surface area contributed by atoms with Crippen molar-refractivity contribution < 1.29 is 28.9 Å². The highest BCUT2D eigenvalue weighted by molar-refractivity contribution is 5.96. The summed E-state index contributed by atoms with van der Waals surface area (Å²) >= 11 is 0. The zero-order valence-electron chi connectivity index (χ0n) is 11.8. The molecule has 0 saturated carbocycles. The zero-order chi connectivity index (χ0) is 15.6. The van der Waals surface area contributed by atoms with E-state index in [1.165, 1.54) is 37.3 Å². The molecule has 7 heteroatoms. The van der Waals surface area contributed by atoms with Gasteiger partial charge in [-0.2, -0.15) is 0 Å². The highest BCUT2D eigenvalue weighted by Crippen LogP contribution is 2.25. The summed E-state index contributed by atoms with van der Waals surface area (Å²) in [4.78, 5) is 13.5. The third kappa shape index (κ3) is 3.21. The molecule has 1 amide bonds. The summed E-state index contributed by atoms with van der Waals surface area (Å²) in [6.45, 7) is 0.0612. The first kappa shape index (κ1) is 15.8. The number of anilines is 1. The number of methoxy groups -OCH3 is 1. The van der Waals surface area contributed by atoms with Crippen LogP contribution in [0.3, 0.4) is 0 Å². The van der Waals surface area contributed by atoms with Crippen LogP contribution in [-0.4, -0.2) is 61.3 Å². The summed E-state index contributed by atoms with van der Waals surface area (Å²) in [5.41, 5.74) is 0.334. The van der Waals surface area contributed by atoms with Gasteiger partial charge in [0.25, 0.3) is 5.91 Å². The second-order valence-corrected chi connectivity index (χ2v) is 4.91. The first-order chi connectivity index (χ1) is 9.95. The second-order valence-electron chi connectivity index (χ2n) is 4.91. The number of halogens is 1. The number of aliphatic hydroxyl groups excluding tert-OH is 2. The van der Waals surface area contributed by atoms with Crippen LogP contribution < -0.4 is 4.90 Å². The Bertz CT molecular complexity index is 512. The number of nitrogens with zero attached hydrogens (tertiary/aromatic N) is 1. The molecule has 2 N–H and O–H groups in total. The van der Waals surface area contributed by atoms with Crippen LogP contribution in [0, 0.1) is 5.82 Å². The molecule has 0 radical (unpaired) electrons. The second kappa shape index (κ2) is 6.48. The number of ether oxygens (including phenoxy) is 2. The van der Waals surface area contributed by atoms with E-state index in [0.717, 1.165) is 0 Å². The largest absolute Gasteiger partial charge is 0.387 e. The molecular weight excluding hydrogens is 281 g/mol. The molecule has 0 aliphatic carbocycles. The zero-order valence-corrected chi connectivity index (χ0v) is 11.8. The van der Waals surface area contributed by atoms with Gasteiger partial charge in [0.1, 0.15) is 24.1 Å².